The molecule has 4 nitrogen and oxygen atoms in total. The molecule has 2 heterocycles. The molecule has 0 aliphatic carbocycles. The molecule has 1 aromatic carbocycles. The van der Waals surface area contributed by atoms with Crippen LogP contribution in [0, 0.1) is 0 Å². The topological polar surface area (TPSA) is 53.6 Å². The van der Waals surface area contributed by atoms with Crippen LogP contribution >= 0.6 is 0 Å². The highest BCUT2D eigenvalue weighted by Crippen LogP contribution is 2.23. The van der Waals surface area contributed by atoms with E-state index in [1.807, 2.05) is 0 Å². The van der Waals surface area contributed by atoms with E-state index >= 15 is 0 Å². The number of aromatic nitrogens is 3. The second kappa shape index (κ2) is 3.47. The van der Waals surface area contributed by atoms with Crippen LogP contribution in [0.3, 0.4) is 0 Å². The van der Waals surface area contributed by atoms with Gasteiger partial charge in [0.15, 0.2) is 0 Å². The number of benzene rings is 1. The molecular weight excluding hydrogens is 188 g/mol. The Bertz CT molecular complexity index is 449. The maximum absolute atomic E-state index is 4.18. The Balaban J connectivity index is 1.89. The largest absolute Gasteiger partial charge is 0.303 e. The zero-order valence-electron chi connectivity index (χ0n) is 8.27. The van der Waals surface area contributed by atoms with Crippen molar-refractivity contribution >= 4 is 0 Å². The second-order valence-electron chi connectivity index (χ2n) is 3.78. The summed E-state index contributed by atoms with van der Waals surface area (Å²) in [5.74, 6) is 0.921. The predicted octanol–water partition coefficient (Wildman–Crippen LogP) is 1.19. The summed E-state index contributed by atoms with van der Waals surface area (Å²) in [5, 5.41) is 10.2. The fourth-order valence-corrected chi connectivity index (χ4v) is 2.03. The molecule has 2 N–H and O–H groups in total. The van der Waals surface area contributed by atoms with Gasteiger partial charge in [-0.25, -0.2) is 4.98 Å². The van der Waals surface area contributed by atoms with E-state index in [4.69, 9.17) is 0 Å². The van der Waals surface area contributed by atoms with Gasteiger partial charge in [-0.05, 0) is 17.5 Å². The Kier molecular flexibility index (Phi) is 1.99. The highest BCUT2D eigenvalue weighted by Gasteiger charge is 2.20. The number of nitrogens with one attached hydrogen (secondary N) is 2. The Morgan fingerprint density at radius 1 is 1.20 bits per heavy atom. The predicted molar refractivity (Wildman–Crippen MR) is 56.1 cm³/mol. The number of fused-ring (bicyclic) bond motifs is 1. The van der Waals surface area contributed by atoms with Gasteiger partial charge in [0.25, 0.3) is 0 Å². The smallest absolute Gasteiger partial charge is 0.141 e. The maximum atomic E-state index is 4.18. The lowest BCUT2D eigenvalue weighted by molar-refractivity contribution is 0.478. The monoisotopic (exact) mass is 200 g/mol. The summed E-state index contributed by atoms with van der Waals surface area (Å²) in [6.07, 6.45) is 2.53. The van der Waals surface area contributed by atoms with Crippen molar-refractivity contribution in [3.63, 3.8) is 0 Å². The second-order valence-corrected chi connectivity index (χ2v) is 3.78. The van der Waals surface area contributed by atoms with Crippen LogP contribution in [0.25, 0.3) is 0 Å². The van der Waals surface area contributed by atoms with Crippen LogP contribution in [-0.2, 0) is 13.0 Å². The molecule has 4 heteroatoms. The minimum Gasteiger partial charge on any atom is -0.303 e. The van der Waals surface area contributed by atoms with E-state index in [0.717, 1.165) is 18.8 Å². The van der Waals surface area contributed by atoms with Gasteiger partial charge in [-0.15, -0.1) is 0 Å². The van der Waals surface area contributed by atoms with E-state index in [1.165, 1.54) is 11.1 Å². The molecule has 76 valence electrons. The Labute approximate surface area is 87.7 Å². The Hall–Kier alpha value is -1.68. The van der Waals surface area contributed by atoms with E-state index < -0.39 is 0 Å². The molecule has 0 radical (unpaired) electrons. The van der Waals surface area contributed by atoms with Crippen molar-refractivity contribution in [2.75, 3.05) is 0 Å². The van der Waals surface area contributed by atoms with Crippen molar-refractivity contribution in [3.05, 3.63) is 47.5 Å². The van der Waals surface area contributed by atoms with E-state index in [1.54, 1.807) is 6.33 Å². The molecule has 1 aromatic heterocycles. The van der Waals surface area contributed by atoms with Gasteiger partial charge in [0.05, 0.1) is 6.04 Å². The van der Waals surface area contributed by atoms with Gasteiger partial charge in [0, 0.05) is 6.54 Å². The average molecular weight is 200 g/mol. The molecular formula is C11H12N4. The maximum Gasteiger partial charge on any atom is 0.141 e. The zero-order chi connectivity index (χ0) is 10.1. The number of nitrogens with zero attached hydrogens (tertiary/aromatic N) is 2. The molecule has 0 saturated carbocycles. The fraction of sp³-hybridized carbons (Fsp3) is 0.273. The van der Waals surface area contributed by atoms with Gasteiger partial charge in [0.1, 0.15) is 12.2 Å². The van der Waals surface area contributed by atoms with Crippen LogP contribution in [0.15, 0.2) is 30.6 Å². The van der Waals surface area contributed by atoms with Crippen molar-refractivity contribution < 1.29 is 0 Å². The molecule has 3 rings (SSSR count). The Morgan fingerprint density at radius 2 is 2.07 bits per heavy atom. The summed E-state index contributed by atoms with van der Waals surface area (Å²) in [7, 11) is 0. The summed E-state index contributed by atoms with van der Waals surface area (Å²) < 4.78 is 0. The summed E-state index contributed by atoms with van der Waals surface area (Å²) in [6, 6.07) is 8.78. The third-order valence-electron chi connectivity index (χ3n) is 2.85. The van der Waals surface area contributed by atoms with Crippen molar-refractivity contribution in [1.82, 2.24) is 20.5 Å². The SMILES string of the molecule is c1ccc2c(c1)CN[C@H](c1ncn[nH]1)C2. The number of H-pyrrole nitrogens is 1. The van der Waals surface area contributed by atoms with Crippen molar-refractivity contribution in [3.8, 4) is 0 Å². The van der Waals surface area contributed by atoms with Crippen molar-refractivity contribution in [2.45, 2.75) is 19.0 Å². The van der Waals surface area contributed by atoms with Crippen molar-refractivity contribution in [1.29, 1.82) is 0 Å². The van der Waals surface area contributed by atoms with Crippen LogP contribution in [0.2, 0.25) is 0 Å². The van der Waals surface area contributed by atoms with Crippen LogP contribution < -0.4 is 5.32 Å². The molecule has 0 saturated heterocycles. The molecule has 1 aliphatic heterocycles. The van der Waals surface area contributed by atoms with Crippen LogP contribution in [0.1, 0.15) is 23.0 Å². The van der Waals surface area contributed by atoms with Gasteiger partial charge < -0.3 is 5.32 Å². The molecule has 0 spiro atoms. The first-order chi connectivity index (χ1) is 7.43. The first-order valence-electron chi connectivity index (χ1n) is 5.09. The fourth-order valence-electron chi connectivity index (χ4n) is 2.03. The molecule has 1 aliphatic rings. The van der Waals surface area contributed by atoms with Crippen molar-refractivity contribution in [2.24, 2.45) is 0 Å². The molecule has 0 unspecified atom stereocenters. The number of hydrogen-bond acceptors (Lipinski definition) is 3. The third kappa shape index (κ3) is 1.53. The number of hydrogen-bond donors (Lipinski definition) is 2. The lowest BCUT2D eigenvalue weighted by atomic mass is 9.96. The average Bonchev–Trinajstić information content (AvgIpc) is 2.82. The van der Waals surface area contributed by atoms with Gasteiger partial charge in [-0.1, -0.05) is 24.3 Å². The van der Waals surface area contributed by atoms with Gasteiger partial charge in [0.2, 0.25) is 0 Å². The Morgan fingerprint density at radius 3 is 2.87 bits per heavy atom. The van der Waals surface area contributed by atoms with E-state index in [0.29, 0.717) is 0 Å². The molecule has 0 bridgehead atoms. The van der Waals surface area contributed by atoms with E-state index in [9.17, 15) is 0 Å². The van der Waals surface area contributed by atoms with Crippen LogP contribution in [0.5, 0.6) is 0 Å². The zero-order valence-corrected chi connectivity index (χ0v) is 8.27. The van der Waals surface area contributed by atoms with Crippen LogP contribution in [-0.4, -0.2) is 15.2 Å². The summed E-state index contributed by atoms with van der Waals surface area (Å²) in [6.45, 7) is 0.904. The molecule has 1 atom stereocenters. The number of rotatable bonds is 1. The summed E-state index contributed by atoms with van der Waals surface area (Å²) in [5.41, 5.74) is 2.78. The highest BCUT2D eigenvalue weighted by atomic mass is 15.2. The highest BCUT2D eigenvalue weighted by molar-refractivity contribution is 5.30. The van der Waals surface area contributed by atoms with Gasteiger partial charge in [-0.3, -0.25) is 5.10 Å². The number of aromatic amines is 1. The van der Waals surface area contributed by atoms with Gasteiger partial charge >= 0.3 is 0 Å². The lowest BCUT2D eigenvalue weighted by Gasteiger charge is -2.24. The van der Waals surface area contributed by atoms with Gasteiger partial charge in [-0.2, -0.15) is 5.10 Å². The van der Waals surface area contributed by atoms with Crippen LogP contribution in [0.4, 0.5) is 0 Å². The molecule has 15 heavy (non-hydrogen) atoms. The minimum absolute atomic E-state index is 0.266. The first kappa shape index (κ1) is 8.61. The molecule has 0 amide bonds. The lowest BCUT2D eigenvalue weighted by Crippen LogP contribution is -2.29. The normalized spacial score (nSPS) is 19.9. The molecule has 0 fully saturated rings. The summed E-state index contributed by atoms with van der Waals surface area (Å²) >= 11 is 0. The van der Waals surface area contributed by atoms with E-state index in [-0.39, 0.29) is 6.04 Å². The first-order valence-corrected chi connectivity index (χ1v) is 5.09. The standard InChI is InChI=1S/C11H12N4/c1-2-4-9-6-12-10(5-8(9)3-1)11-13-7-14-15-11/h1-4,7,10,12H,5-6H2,(H,13,14,15)/t10-/m0/s1. The quantitative estimate of drug-likeness (QED) is 0.727. The molecule has 2 aromatic rings. The minimum atomic E-state index is 0.266. The van der Waals surface area contributed by atoms with E-state index in [2.05, 4.69) is 44.8 Å². The summed E-state index contributed by atoms with van der Waals surface area (Å²) in [4.78, 5) is 4.18. The third-order valence-corrected chi connectivity index (χ3v) is 2.85.